The van der Waals surface area contributed by atoms with Gasteiger partial charge in [-0.3, -0.25) is 0 Å². The van der Waals surface area contributed by atoms with Gasteiger partial charge in [-0.15, -0.1) is 11.3 Å². The molecule has 0 unspecified atom stereocenters. The number of pyridine rings is 1. The minimum Gasteiger partial charge on any atom is -0.383 e. The van der Waals surface area contributed by atoms with Crippen LogP contribution < -0.4 is 5.73 Å². The van der Waals surface area contributed by atoms with Gasteiger partial charge in [0.1, 0.15) is 5.82 Å². The van der Waals surface area contributed by atoms with Crippen LogP contribution >= 0.6 is 11.3 Å². The monoisotopic (exact) mass is 284 g/mol. The van der Waals surface area contributed by atoms with E-state index in [1.54, 1.807) is 17.5 Å². The number of nitrogen functional groups attached to an aromatic ring is 1. The van der Waals surface area contributed by atoms with Crippen molar-refractivity contribution in [2.75, 3.05) is 5.73 Å². The van der Waals surface area contributed by atoms with Gasteiger partial charge in [0.15, 0.2) is 0 Å². The molecule has 0 atom stereocenters. The fourth-order valence-corrected chi connectivity index (χ4v) is 3.25. The van der Waals surface area contributed by atoms with Crippen molar-refractivity contribution in [3.8, 4) is 11.3 Å². The summed E-state index contributed by atoms with van der Waals surface area (Å²) >= 11 is 1.78. The summed E-state index contributed by atoms with van der Waals surface area (Å²) in [6, 6.07) is 6.06. The van der Waals surface area contributed by atoms with E-state index in [9.17, 15) is 0 Å². The molecule has 3 aromatic rings. The Morgan fingerprint density at radius 1 is 1.35 bits per heavy atom. The number of hydrogen-bond donors (Lipinski definition) is 1. The quantitative estimate of drug-likeness (QED) is 0.800. The zero-order valence-electron chi connectivity index (χ0n) is 11.3. The smallest absolute Gasteiger partial charge is 0.132 e. The number of rotatable bonds is 4. The summed E-state index contributed by atoms with van der Waals surface area (Å²) in [4.78, 5) is 9.78. The second kappa shape index (κ2) is 5.46. The molecule has 102 valence electrons. The molecule has 4 nitrogen and oxygen atoms in total. The number of nitrogens with zero attached hydrogens (tertiary/aromatic N) is 3. The lowest BCUT2D eigenvalue weighted by atomic mass is 10.2. The van der Waals surface area contributed by atoms with Gasteiger partial charge in [-0.05, 0) is 35.6 Å². The lowest BCUT2D eigenvalue weighted by molar-refractivity contribution is 0.808. The lowest BCUT2D eigenvalue weighted by Crippen LogP contribution is -2.02. The molecule has 0 saturated carbocycles. The third kappa shape index (κ3) is 2.32. The molecule has 3 rings (SSSR count). The van der Waals surface area contributed by atoms with Crippen molar-refractivity contribution >= 4 is 17.2 Å². The maximum Gasteiger partial charge on any atom is 0.132 e. The molecule has 2 N–H and O–H groups in total. The van der Waals surface area contributed by atoms with Crippen LogP contribution in [0.25, 0.3) is 11.3 Å². The van der Waals surface area contributed by atoms with E-state index in [0.717, 1.165) is 24.2 Å². The van der Waals surface area contributed by atoms with Crippen molar-refractivity contribution in [3.63, 3.8) is 0 Å². The van der Waals surface area contributed by atoms with Gasteiger partial charge >= 0.3 is 0 Å². The Hall–Kier alpha value is -2.14. The van der Waals surface area contributed by atoms with Crippen LogP contribution in [0.2, 0.25) is 0 Å². The molecule has 0 aromatic carbocycles. The SMILES string of the molecule is CCc1ccsc1Cn1cncc1-c1cccnc1N. The number of hydrogen-bond acceptors (Lipinski definition) is 4. The minimum absolute atomic E-state index is 0.538. The van der Waals surface area contributed by atoms with Crippen LogP contribution in [0.4, 0.5) is 5.82 Å². The zero-order chi connectivity index (χ0) is 13.9. The van der Waals surface area contributed by atoms with Crippen molar-refractivity contribution in [1.82, 2.24) is 14.5 Å². The Kier molecular flexibility index (Phi) is 3.52. The van der Waals surface area contributed by atoms with E-state index in [-0.39, 0.29) is 0 Å². The number of imidazole rings is 1. The van der Waals surface area contributed by atoms with Crippen molar-refractivity contribution in [1.29, 1.82) is 0 Å². The van der Waals surface area contributed by atoms with Crippen LogP contribution in [-0.4, -0.2) is 14.5 Å². The molecule has 0 spiro atoms. The van der Waals surface area contributed by atoms with Crippen LogP contribution in [0.15, 0.2) is 42.3 Å². The summed E-state index contributed by atoms with van der Waals surface area (Å²) in [5.74, 6) is 0.538. The van der Waals surface area contributed by atoms with Gasteiger partial charge in [-0.1, -0.05) is 6.92 Å². The van der Waals surface area contributed by atoms with Crippen molar-refractivity contribution in [2.45, 2.75) is 19.9 Å². The molecule has 0 radical (unpaired) electrons. The van der Waals surface area contributed by atoms with E-state index in [1.807, 2.05) is 24.7 Å². The van der Waals surface area contributed by atoms with Crippen LogP contribution in [-0.2, 0) is 13.0 Å². The first-order chi connectivity index (χ1) is 9.79. The summed E-state index contributed by atoms with van der Waals surface area (Å²) in [6.45, 7) is 3.00. The predicted molar refractivity (Wildman–Crippen MR) is 82.7 cm³/mol. The Morgan fingerprint density at radius 3 is 3.05 bits per heavy atom. The molecular weight excluding hydrogens is 268 g/mol. The van der Waals surface area contributed by atoms with E-state index in [0.29, 0.717) is 5.82 Å². The van der Waals surface area contributed by atoms with E-state index < -0.39 is 0 Å². The molecule has 0 amide bonds. The minimum atomic E-state index is 0.538. The van der Waals surface area contributed by atoms with Gasteiger partial charge in [-0.25, -0.2) is 9.97 Å². The molecule has 0 aliphatic carbocycles. The maximum absolute atomic E-state index is 5.96. The Bertz CT molecular complexity index is 714. The molecule has 20 heavy (non-hydrogen) atoms. The van der Waals surface area contributed by atoms with Crippen LogP contribution in [0, 0.1) is 0 Å². The van der Waals surface area contributed by atoms with Crippen LogP contribution in [0.5, 0.6) is 0 Å². The van der Waals surface area contributed by atoms with E-state index >= 15 is 0 Å². The number of nitrogens with two attached hydrogens (primary N) is 1. The lowest BCUT2D eigenvalue weighted by Gasteiger charge is -2.09. The Labute approximate surface area is 121 Å². The normalized spacial score (nSPS) is 10.8. The van der Waals surface area contributed by atoms with Crippen molar-refractivity contribution < 1.29 is 0 Å². The first-order valence-corrected chi connectivity index (χ1v) is 7.43. The average Bonchev–Trinajstić information content (AvgIpc) is 3.09. The maximum atomic E-state index is 5.96. The summed E-state index contributed by atoms with van der Waals surface area (Å²) < 4.78 is 2.12. The van der Waals surface area contributed by atoms with Gasteiger partial charge in [0.05, 0.1) is 24.8 Å². The number of anilines is 1. The van der Waals surface area contributed by atoms with Crippen molar-refractivity contribution in [2.24, 2.45) is 0 Å². The van der Waals surface area contributed by atoms with Crippen LogP contribution in [0.3, 0.4) is 0 Å². The fraction of sp³-hybridized carbons (Fsp3) is 0.200. The fourth-order valence-electron chi connectivity index (χ4n) is 2.28. The van der Waals surface area contributed by atoms with Crippen molar-refractivity contribution in [3.05, 3.63) is 52.7 Å². The Balaban J connectivity index is 1.97. The second-order valence-electron chi connectivity index (χ2n) is 4.57. The number of aromatic nitrogens is 3. The van der Waals surface area contributed by atoms with E-state index in [1.165, 1.54) is 10.4 Å². The topological polar surface area (TPSA) is 56.7 Å². The van der Waals surface area contributed by atoms with E-state index in [4.69, 9.17) is 5.73 Å². The average molecular weight is 284 g/mol. The van der Waals surface area contributed by atoms with Gasteiger partial charge in [0, 0.05) is 16.6 Å². The largest absolute Gasteiger partial charge is 0.383 e. The molecule has 0 aliphatic rings. The second-order valence-corrected chi connectivity index (χ2v) is 5.57. The third-order valence-electron chi connectivity index (χ3n) is 3.36. The predicted octanol–water partition coefficient (Wildman–Crippen LogP) is 3.20. The zero-order valence-corrected chi connectivity index (χ0v) is 12.1. The summed E-state index contributed by atoms with van der Waals surface area (Å²) in [5, 5.41) is 2.14. The highest BCUT2D eigenvalue weighted by molar-refractivity contribution is 7.10. The molecule has 5 heteroatoms. The molecular formula is C15H16N4S. The first-order valence-electron chi connectivity index (χ1n) is 6.55. The molecule has 3 heterocycles. The summed E-state index contributed by atoms with van der Waals surface area (Å²) in [5.41, 5.74) is 9.29. The highest BCUT2D eigenvalue weighted by Crippen LogP contribution is 2.26. The molecule has 0 saturated heterocycles. The molecule has 0 fully saturated rings. The summed E-state index contributed by atoms with van der Waals surface area (Å²) in [6.07, 6.45) is 6.44. The molecule has 0 aliphatic heterocycles. The van der Waals surface area contributed by atoms with E-state index in [2.05, 4.69) is 32.9 Å². The van der Waals surface area contributed by atoms with Gasteiger partial charge < -0.3 is 10.3 Å². The summed E-state index contributed by atoms with van der Waals surface area (Å²) in [7, 11) is 0. The standard InChI is InChI=1S/C15H16N4S/c1-2-11-5-7-20-14(11)9-19-10-17-8-13(19)12-4-3-6-18-15(12)16/h3-8,10H,2,9H2,1H3,(H2,16,18). The highest BCUT2D eigenvalue weighted by Gasteiger charge is 2.11. The molecule has 0 bridgehead atoms. The third-order valence-corrected chi connectivity index (χ3v) is 4.31. The van der Waals surface area contributed by atoms with Crippen LogP contribution in [0.1, 0.15) is 17.4 Å². The van der Waals surface area contributed by atoms with Gasteiger partial charge in [-0.2, -0.15) is 0 Å². The van der Waals surface area contributed by atoms with Gasteiger partial charge in [0.25, 0.3) is 0 Å². The first kappa shape index (κ1) is 12.9. The highest BCUT2D eigenvalue weighted by atomic mass is 32.1. The number of aryl methyl sites for hydroxylation is 1. The molecule has 3 aromatic heterocycles. The Morgan fingerprint density at radius 2 is 2.25 bits per heavy atom. The number of thiophene rings is 1. The van der Waals surface area contributed by atoms with Gasteiger partial charge in [0.2, 0.25) is 0 Å².